The van der Waals surface area contributed by atoms with Gasteiger partial charge in [-0.25, -0.2) is 4.63 Å². The molecule has 0 spiro atoms. The fraction of sp³-hybridized carbons (Fsp3) is 0.421. The van der Waals surface area contributed by atoms with E-state index in [-0.39, 0.29) is 30.4 Å². The zero-order chi connectivity index (χ0) is 20.4. The highest BCUT2D eigenvalue weighted by Crippen LogP contribution is 2.44. The number of aliphatic hydroxyl groups is 1. The first kappa shape index (κ1) is 19.1. The standard InChI is InChI=1S/C19H22N6O4/c1-23(9-10-26)16-11-15(17-18(22-29-21-17)19(16)25(27)28)24-8-3-2-6-14(24)13-5-4-7-20-12-13/h4-5,7,11-12,14,26H,2-3,6,8-10H2,1H3. The molecular weight excluding hydrogens is 376 g/mol. The van der Waals surface area contributed by atoms with Gasteiger partial charge < -0.3 is 14.9 Å². The van der Waals surface area contributed by atoms with Gasteiger partial charge in [-0.15, -0.1) is 0 Å². The molecule has 0 radical (unpaired) electrons. The lowest BCUT2D eigenvalue weighted by molar-refractivity contribution is -0.382. The zero-order valence-corrected chi connectivity index (χ0v) is 16.1. The van der Waals surface area contributed by atoms with E-state index < -0.39 is 4.92 Å². The molecule has 0 amide bonds. The summed E-state index contributed by atoms with van der Waals surface area (Å²) in [6.45, 7) is 0.908. The molecule has 0 aliphatic carbocycles. The van der Waals surface area contributed by atoms with Crippen molar-refractivity contribution in [2.24, 2.45) is 0 Å². The lowest BCUT2D eigenvalue weighted by Crippen LogP contribution is -2.34. The minimum atomic E-state index is -0.478. The van der Waals surface area contributed by atoms with Crippen molar-refractivity contribution in [3.05, 3.63) is 46.3 Å². The second-order valence-electron chi connectivity index (χ2n) is 7.12. The van der Waals surface area contributed by atoms with Gasteiger partial charge in [0.05, 0.1) is 23.3 Å². The molecule has 1 atom stereocenters. The lowest BCUT2D eigenvalue weighted by atomic mass is 9.95. The van der Waals surface area contributed by atoms with Crippen LogP contribution in [-0.2, 0) is 0 Å². The molecule has 0 bridgehead atoms. The Morgan fingerprint density at radius 2 is 2.21 bits per heavy atom. The van der Waals surface area contributed by atoms with Crippen LogP contribution in [-0.4, -0.2) is 52.1 Å². The molecule has 1 aromatic carbocycles. The van der Waals surface area contributed by atoms with E-state index in [1.807, 2.05) is 18.3 Å². The van der Waals surface area contributed by atoms with Crippen LogP contribution in [0.25, 0.3) is 11.0 Å². The molecule has 0 saturated carbocycles. The minimum absolute atomic E-state index is 0.0785. The Balaban J connectivity index is 1.89. The number of hydrogen-bond acceptors (Lipinski definition) is 9. The van der Waals surface area contributed by atoms with E-state index in [9.17, 15) is 15.2 Å². The second kappa shape index (κ2) is 8.00. The molecule has 152 valence electrons. The highest BCUT2D eigenvalue weighted by atomic mass is 16.6. The van der Waals surface area contributed by atoms with Crippen LogP contribution in [0.15, 0.2) is 35.2 Å². The Labute approximate surface area is 166 Å². The number of benzene rings is 1. The third-order valence-corrected chi connectivity index (χ3v) is 5.38. The summed E-state index contributed by atoms with van der Waals surface area (Å²) in [6.07, 6.45) is 6.62. The summed E-state index contributed by atoms with van der Waals surface area (Å²) in [6, 6.07) is 5.79. The molecule has 29 heavy (non-hydrogen) atoms. The maximum absolute atomic E-state index is 11.8. The van der Waals surface area contributed by atoms with Gasteiger partial charge in [0.1, 0.15) is 5.69 Å². The van der Waals surface area contributed by atoms with Crippen molar-refractivity contribution in [3.8, 4) is 0 Å². The van der Waals surface area contributed by atoms with Gasteiger partial charge in [-0.2, -0.15) is 0 Å². The van der Waals surface area contributed by atoms with Crippen LogP contribution in [0.5, 0.6) is 0 Å². The second-order valence-corrected chi connectivity index (χ2v) is 7.12. The number of hydrogen-bond donors (Lipinski definition) is 1. The number of anilines is 2. The first-order valence-electron chi connectivity index (χ1n) is 9.54. The zero-order valence-electron chi connectivity index (χ0n) is 16.1. The van der Waals surface area contributed by atoms with Gasteiger partial charge in [0, 0.05) is 32.5 Å². The number of nitro groups is 1. The van der Waals surface area contributed by atoms with Gasteiger partial charge >= 0.3 is 5.69 Å². The largest absolute Gasteiger partial charge is 0.395 e. The Bertz CT molecular complexity index is 1010. The Morgan fingerprint density at radius 3 is 2.93 bits per heavy atom. The summed E-state index contributed by atoms with van der Waals surface area (Å²) in [5.74, 6) is 0. The Hall–Kier alpha value is -3.27. The van der Waals surface area contributed by atoms with Crippen LogP contribution in [0.2, 0.25) is 0 Å². The molecule has 2 aromatic heterocycles. The van der Waals surface area contributed by atoms with E-state index in [0.717, 1.165) is 37.1 Å². The lowest BCUT2D eigenvalue weighted by Gasteiger charge is -2.38. The topological polar surface area (TPSA) is 122 Å². The summed E-state index contributed by atoms with van der Waals surface area (Å²) in [5.41, 5.74) is 2.51. The van der Waals surface area contributed by atoms with Crippen molar-refractivity contribution in [2.45, 2.75) is 25.3 Å². The minimum Gasteiger partial charge on any atom is -0.395 e. The number of nitro benzene ring substituents is 1. The van der Waals surface area contributed by atoms with Crippen molar-refractivity contribution in [1.29, 1.82) is 0 Å². The number of aromatic nitrogens is 3. The molecule has 1 fully saturated rings. The molecular formula is C19H22N6O4. The van der Waals surface area contributed by atoms with Crippen LogP contribution in [0.1, 0.15) is 30.9 Å². The summed E-state index contributed by atoms with van der Waals surface area (Å²) < 4.78 is 4.91. The molecule has 10 heteroatoms. The average Bonchev–Trinajstić information content (AvgIpc) is 3.23. The molecule has 3 heterocycles. The quantitative estimate of drug-likeness (QED) is 0.493. The third kappa shape index (κ3) is 3.46. The van der Waals surface area contributed by atoms with Crippen molar-refractivity contribution >= 4 is 28.1 Å². The van der Waals surface area contributed by atoms with E-state index in [4.69, 9.17) is 4.63 Å². The first-order valence-corrected chi connectivity index (χ1v) is 9.54. The number of piperidine rings is 1. The van der Waals surface area contributed by atoms with Crippen LogP contribution in [0.4, 0.5) is 17.1 Å². The number of aliphatic hydroxyl groups excluding tert-OH is 1. The summed E-state index contributed by atoms with van der Waals surface area (Å²) in [7, 11) is 1.70. The van der Waals surface area contributed by atoms with Gasteiger partial charge in [0.15, 0.2) is 5.52 Å². The van der Waals surface area contributed by atoms with Gasteiger partial charge in [-0.3, -0.25) is 15.1 Å². The highest BCUT2D eigenvalue weighted by molar-refractivity contribution is 6.00. The van der Waals surface area contributed by atoms with Crippen LogP contribution < -0.4 is 9.80 Å². The number of likely N-dealkylation sites (N-methyl/N-ethyl adjacent to an activating group) is 1. The van der Waals surface area contributed by atoms with Crippen molar-refractivity contribution in [2.75, 3.05) is 36.5 Å². The van der Waals surface area contributed by atoms with E-state index in [2.05, 4.69) is 20.2 Å². The van der Waals surface area contributed by atoms with Crippen LogP contribution >= 0.6 is 0 Å². The van der Waals surface area contributed by atoms with E-state index in [1.165, 1.54) is 0 Å². The molecule has 10 nitrogen and oxygen atoms in total. The normalized spacial score (nSPS) is 16.9. The molecule has 4 rings (SSSR count). The van der Waals surface area contributed by atoms with E-state index in [1.54, 1.807) is 24.2 Å². The average molecular weight is 398 g/mol. The molecule has 3 aromatic rings. The molecule has 1 N–H and O–H groups in total. The van der Waals surface area contributed by atoms with E-state index >= 15 is 0 Å². The number of nitrogens with zero attached hydrogens (tertiary/aromatic N) is 6. The summed E-state index contributed by atoms with van der Waals surface area (Å²) >= 11 is 0. The first-order chi connectivity index (χ1) is 14.1. The maximum Gasteiger partial charge on any atom is 0.323 e. The molecule has 1 aliphatic heterocycles. The van der Waals surface area contributed by atoms with Crippen molar-refractivity contribution in [3.63, 3.8) is 0 Å². The highest BCUT2D eigenvalue weighted by Gasteiger charge is 2.33. The molecule has 1 unspecified atom stereocenters. The predicted molar refractivity (Wildman–Crippen MR) is 107 cm³/mol. The van der Waals surface area contributed by atoms with Gasteiger partial charge in [-0.1, -0.05) is 6.07 Å². The number of rotatable bonds is 6. The summed E-state index contributed by atoms with van der Waals surface area (Å²) in [5, 5.41) is 29.0. The van der Waals surface area contributed by atoms with Crippen molar-refractivity contribution in [1.82, 2.24) is 15.3 Å². The van der Waals surface area contributed by atoms with Crippen molar-refractivity contribution < 1.29 is 14.7 Å². The Kier molecular flexibility index (Phi) is 5.26. The SMILES string of the molecule is CN(CCO)c1cc(N2CCCCC2c2cccnc2)c2nonc2c1[N+](=O)[O-]. The van der Waals surface area contributed by atoms with Crippen LogP contribution in [0, 0.1) is 10.1 Å². The van der Waals surface area contributed by atoms with Gasteiger partial charge in [0.2, 0.25) is 5.52 Å². The van der Waals surface area contributed by atoms with Gasteiger partial charge in [0.25, 0.3) is 0 Å². The third-order valence-electron chi connectivity index (χ3n) is 5.38. The number of fused-ring (bicyclic) bond motifs is 1. The predicted octanol–water partition coefficient (Wildman–Crippen LogP) is 2.69. The summed E-state index contributed by atoms with van der Waals surface area (Å²) in [4.78, 5) is 19.4. The fourth-order valence-corrected chi connectivity index (χ4v) is 4.00. The fourth-order valence-electron chi connectivity index (χ4n) is 4.00. The smallest absolute Gasteiger partial charge is 0.323 e. The molecule has 1 saturated heterocycles. The van der Waals surface area contributed by atoms with E-state index in [0.29, 0.717) is 11.2 Å². The van der Waals surface area contributed by atoms with Crippen LogP contribution in [0.3, 0.4) is 0 Å². The van der Waals surface area contributed by atoms with Gasteiger partial charge in [-0.05, 0) is 47.3 Å². The maximum atomic E-state index is 11.8. The monoisotopic (exact) mass is 398 g/mol. The molecule has 1 aliphatic rings. The Morgan fingerprint density at radius 1 is 1.38 bits per heavy atom. The number of pyridine rings is 1.